The highest BCUT2D eigenvalue weighted by Crippen LogP contribution is 2.40. The second-order valence-electron chi connectivity index (χ2n) is 6.23. The molecule has 1 unspecified atom stereocenters. The van der Waals surface area contributed by atoms with Crippen molar-refractivity contribution in [1.29, 1.82) is 0 Å². The van der Waals surface area contributed by atoms with Gasteiger partial charge < -0.3 is 14.4 Å². The predicted octanol–water partition coefficient (Wildman–Crippen LogP) is 4.27. The highest BCUT2D eigenvalue weighted by molar-refractivity contribution is 6.32. The van der Waals surface area contributed by atoms with Crippen LogP contribution in [0.15, 0.2) is 18.2 Å². The van der Waals surface area contributed by atoms with Crippen LogP contribution in [0.2, 0.25) is 5.02 Å². The second kappa shape index (κ2) is 6.78. The van der Waals surface area contributed by atoms with Crippen LogP contribution in [-0.4, -0.2) is 36.4 Å². The molecule has 4 nitrogen and oxygen atoms in total. The summed E-state index contributed by atoms with van der Waals surface area (Å²) < 4.78 is 48.9. The first kappa shape index (κ1) is 17.9. The lowest BCUT2D eigenvalue weighted by atomic mass is 10.1. The minimum atomic E-state index is -4.44. The van der Waals surface area contributed by atoms with E-state index in [1.54, 1.807) is 19.1 Å². The molecule has 1 aromatic carbocycles. The standard InChI is InChI=1S/C17H17ClF3NO3/c1-10(12-3-4-12)22(8-17(19,20)21)15(23)5-2-11-6-13(18)16-14(7-11)24-9-25-16/h2,5-7,10,12H,3-4,8-9H2,1H3. The fourth-order valence-electron chi connectivity index (χ4n) is 2.80. The first-order valence-corrected chi connectivity index (χ1v) is 8.27. The summed E-state index contributed by atoms with van der Waals surface area (Å²) >= 11 is 6.06. The molecule has 1 fully saturated rings. The monoisotopic (exact) mass is 375 g/mol. The molecular formula is C17H17ClF3NO3. The normalized spacial score (nSPS) is 17.8. The summed E-state index contributed by atoms with van der Waals surface area (Å²) in [4.78, 5) is 13.2. The summed E-state index contributed by atoms with van der Waals surface area (Å²) in [5.74, 6) is 0.328. The number of halogens is 4. The van der Waals surface area contributed by atoms with Crippen molar-refractivity contribution in [2.24, 2.45) is 5.92 Å². The average molecular weight is 376 g/mol. The third kappa shape index (κ3) is 4.39. The van der Waals surface area contributed by atoms with E-state index in [4.69, 9.17) is 21.1 Å². The molecule has 0 N–H and O–H groups in total. The molecule has 1 saturated carbocycles. The second-order valence-corrected chi connectivity index (χ2v) is 6.64. The van der Waals surface area contributed by atoms with E-state index < -0.39 is 24.7 Å². The van der Waals surface area contributed by atoms with Gasteiger partial charge in [0.2, 0.25) is 12.7 Å². The number of ether oxygens (including phenoxy) is 2. The van der Waals surface area contributed by atoms with Gasteiger partial charge in [0.15, 0.2) is 11.5 Å². The van der Waals surface area contributed by atoms with Crippen molar-refractivity contribution in [2.75, 3.05) is 13.3 Å². The summed E-state index contributed by atoms with van der Waals surface area (Å²) in [6.45, 7) is 0.460. The van der Waals surface area contributed by atoms with Gasteiger partial charge in [0.25, 0.3) is 0 Å². The fraction of sp³-hybridized carbons (Fsp3) is 0.471. The van der Waals surface area contributed by atoms with Gasteiger partial charge in [-0.1, -0.05) is 11.6 Å². The van der Waals surface area contributed by atoms with Gasteiger partial charge in [0, 0.05) is 12.1 Å². The number of alkyl halides is 3. The minimum absolute atomic E-state index is 0.0550. The van der Waals surface area contributed by atoms with Crippen LogP contribution in [0, 0.1) is 5.92 Å². The molecule has 136 valence electrons. The van der Waals surface area contributed by atoms with E-state index in [1.165, 1.54) is 6.08 Å². The highest BCUT2D eigenvalue weighted by atomic mass is 35.5. The number of benzene rings is 1. The van der Waals surface area contributed by atoms with Gasteiger partial charge in [0.05, 0.1) is 5.02 Å². The van der Waals surface area contributed by atoms with Crippen LogP contribution in [0.25, 0.3) is 6.08 Å². The van der Waals surface area contributed by atoms with Gasteiger partial charge >= 0.3 is 6.18 Å². The van der Waals surface area contributed by atoms with Gasteiger partial charge in [-0.05, 0) is 49.5 Å². The lowest BCUT2D eigenvalue weighted by Gasteiger charge is -2.29. The van der Waals surface area contributed by atoms with E-state index in [0.29, 0.717) is 22.1 Å². The van der Waals surface area contributed by atoms with Crippen molar-refractivity contribution < 1.29 is 27.4 Å². The van der Waals surface area contributed by atoms with E-state index in [-0.39, 0.29) is 12.7 Å². The molecule has 2 aliphatic rings. The van der Waals surface area contributed by atoms with Crippen molar-refractivity contribution in [3.8, 4) is 11.5 Å². The maximum absolute atomic E-state index is 12.8. The molecule has 1 aliphatic carbocycles. The Morgan fingerprint density at radius 1 is 1.40 bits per heavy atom. The largest absolute Gasteiger partial charge is 0.454 e. The number of nitrogens with zero attached hydrogens (tertiary/aromatic N) is 1. The molecular weight excluding hydrogens is 359 g/mol. The Hall–Kier alpha value is -1.89. The molecule has 3 rings (SSSR count). The molecule has 1 aliphatic heterocycles. The molecule has 1 amide bonds. The molecule has 0 aromatic heterocycles. The van der Waals surface area contributed by atoms with E-state index in [1.807, 2.05) is 0 Å². The average Bonchev–Trinajstić information content (AvgIpc) is 3.27. The van der Waals surface area contributed by atoms with Gasteiger partial charge in [-0.15, -0.1) is 0 Å². The third-order valence-electron chi connectivity index (χ3n) is 4.30. The lowest BCUT2D eigenvalue weighted by Crippen LogP contribution is -2.44. The zero-order valence-electron chi connectivity index (χ0n) is 13.5. The summed E-state index contributed by atoms with van der Waals surface area (Å²) in [6, 6.07) is 2.74. The van der Waals surface area contributed by atoms with E-state index >= 15 is 0 Å². The number of carbonyl (C=O) groups is 1. The van der Waals surface area contributed by atoms with E-state index in [2.05, 4.69) is 0 Å². The van der Waals surface area contributed by atoms with E-state index in [9.17, 15) is 18.0 Å². The van der Waals surface area contributed by atoms with Gasteiger partial charge in [-0.25, -0.2) is 0 Å². The zero-order chi connectivity index (χ0) is 18.2. The Balaban J connectivity index is 1.76. The number of amides is 1. The molecule has 0 spiro atoms. The Morgan fingerprint density at radius 2 is 2.12 bits per heavy atom. The lowest BCUT2D eigenvalue weighted by molar-refractivity contribution is -0.162. The maximum atomic E-state index is 12.8. The number of hydrogen-bond donors (Lipinski definition) is 0. The van der Waals surface area contributed by atoms with Crippen molar-refractivity contribution in [3.63, 3.8) is 0 Å². The van der Waals surface area contributed by atoms with E-state index in [0.717, 1.165) is 23.8 Å². The Morgan fingerprint density at radius 3 is 2.76 bits per heavy atom. The molecule has 1 atom stereocenters. The third-order valence-corrected chi connectivity index (χ3v) is 4.58. The van der Waals surface area contributed by atoms with Crippen molar-refractivity contribution in [1.82, 2.24) is 4.90 Å². The molecule has 0 bridgehead atoms. The predicted molar refractivity (Wildman–Crippen MR) is 86.6 cm³/mol. The molecule has 25 heavy (non-hydrogen) atoms. The van der Waals surface area contributed by atoms with Crippen LogP contribution in [0.5, 0.6) is 11.5 Å². The van der Waals surface area contributed by atoms with Crippen molar-refractivity contribution in [3.05, 3.63) is 28.8 Å². The molecule has 1 heterocycles. The summed E-state index contributed by atoms with van der Waals surface area (Å²) in [7, 11) is 0. The number of hydrogen-bond acceptors (Lipinski definition) is 3. The first-order valence-electron chi connectivity index (χ1n) is 7.89. The zero-order valence-corrected chi connectivity index (χ0v) is 14.2. The number of fused-ring (bicyclic) bond motifs is 1. The quantitative estimate of drug-likeness (QED) is 0.721. The maximum Gasteiger partial charge on any atom is 0.406 e. The Labute approximate surface area is 148 Å². The van der Waals surface area contributed by atoms with Crippen LogP contribution in [-0.2, 0) is 4.79 Å². The van der Waals surface area contributed by atoms with Gasteiger partial charge in [0.1, 0.15) is 6.54 Å². The smallest absolute Gasteiger partial charge is 0.406 e. The topological polar surface area (TPSA) is 38.8 Å². The Bertz CT molecular complexity index is 701. The first-order chi connectivity index (χ1) is 11.7. The molecule has 0 radical (unpaired) electrons. The SMILES string of the molecule is CC(C1CC1)N(CC(F)(F)F)C(=O)C=Cc1cc(Cl)c2c(c1)OCO2. The van der Waals surface area contributed by atoms with Crippen LogP contribution >= 0.6 is 11.6 Å². The fourth-order valence-corrected chi connectivity index (χ4v) is 3.07. The highest BCUT2D eigenvalue weighted by Gasteiger charge is 2.39. The molecule has 0 saturated heterocycles. The molecule has 8 heteroatoms. The minimum Gasteiger partial charge on any atom is -0.454 e. The Kier molecular flexibility index (Phi) is 4.86. The van der Waals surface area contributed by atoms with Gasteiger partial charge in [-0.2, -0.15) is 13.2 Å². The van der Waals surface area contributed by atoms with Crippen LogP contribution < -0.4 is 9.47 Å². The number of rotatable bonds is 5. The number of carbonyl (C=O) groups excluding carboxylic acids is 1. The van der Waals surface area contributed by atoms with Crippen molar-refractivity contribution in [2.45, 2.75) is 32.0 Å². The summed E-state index contributed by atoms with van der Waals surface area (Å²) in [5, 5.41) is 0.320. The van der Waals surface area contributed by atoms with Crippen LogP contribution in [0.1, 0.15) is 25.3 Å². The van der Waals surface area contributed by atoms with Crippen LogP contribution in [0.4, 0.5) is 13.2 Å². The summed E-state index contributed by atoms with van der Waals surface area (Å²) in [6.07, 6.45) is -0.166. The van der Waals surface area contributed by atoms with Crippen LogP contribution in [0.3, 0.4) is 0 Å². The van der Waals surface area contributed by atoms with Crippen molar-refractivity contribution >= 4 is 23.6 Å². The summed E-state index contributed by atoms with van der Waals surface area (Å²) in [5.41, 5.74) is 0.550. The van der Waals surface area contributed by atoms with Gasteiger partial charge in [-0.3, -0.25) is 4.79 Å². The molecule has 1 aromatic rings.